The molecule has 0 fully saturated rings. The van der Waals surface area contributed by atoms with Gasteiger partial charge in [-0.1, -0.05) is 45.7 Å². The van der Waals surface area contributed by atoms with Crippen molar-refractivity contribution < 1.29 is 13.1 Å². The number of nitrogens with two attached hydrogens (primary N) is 1. The molecule has 3 aromatic rings. The molecule has 0 amide bonds. The average Bonchev–Trinajstić information content (AvgIpc) is 2.56. The van der Waals surface area contributed by atoms with Crippen molar-refractivity contribution in [1.29, 1.82) is 0 Å². The summed E-state index contributed by atoms with van der Waals surface area (Å²) in [4.78, 5) is 0.176. The van der Waals surface area contributed by atoms with Crippen LogP contribution in [0.15, 0.2) is 71.8 Å². The minimum atomic E-state index is -3.74. The lowest BCUT2D eigenvalue weighted by Crippen LogP contribution is -2.39. The van der Waals surface area contributed by atoms with Crippen molar-refractivity contribution in [3.8, 4) is 5.69 Å². The van der Waals surface area contributed by atoms with Gasteiger partial charge < -0.3 is 5.73 Å². The molecule has 7 heteroatoms. The van der Waals surface area contributed by atoms with E-state index in [9.17, 15) is 8.42 Å². The van der Waals surface area contributed by atoms with Crippen LogP contribution in [0.1, 0.15) is 5.56 Å². The zero-order chi connectivity index (χ0) is 17.2. The van der Waals surface area contributed by atoms with Crippen molar-refractivity contribution in [3.05, 3.63) is 72.4 Å². The van der Waals surface area contributed by atoms with E-state index in [1.54, 1.807) is 24.3 Å². The van der Waals surface area contributed by atoms with Crippen LogP contribution in [-0.2, 0) is 10.0 Å². The number of aromatic nitrogens is 2. The van der Waals surface area contributed by atoms with Gasteiger partial charge in [0, 0.05) is 0 Å². The molecule has 0 aliphatic carbocycles. The van der Waals surface area contributed by atoms with Gasteiger partial charge in [-0.2, -0.15) is 13.1 Å². The fourth-order valence-corrected chi connectivity index (χ4v) is 3.24. The van der Waals surface area contributed by atoms with Crippen LogP contribution in [0.3, 0.4) is 0 Å². The second-order valence-electron chi connectivity index (χ2n) is 5.34. The summed E-state index contributed by atoms with van der Waals surface area (Å²) in [5, 5.41) is 4.21. The predicted molar refractivity (Wildman–Crippen MR) is 92.2 cm³/mol. The highest BCUT2D eigenvalue weighted by molar-refractivity contribution is 7.92. The number of para-hydroxylation sites is 1. The number of anilines is 2. The van der Waals surface area contributed by atoms with Crippen molar-refractivity contribution in [2.24, 2.45) is 0 Å². The first-order chi connectivity index (χ1) is 11.5. The van der Waals surface area contributed by atoms with E-state index >= 15 is 0 Å². The Morgan fingerprint density at radius 2 is 1.71 bits per heavy atom. The van der Waals surface area contributed by atoms with Gasteiger partial charge in [0.1, 0.15) is 4.90 Å². The number of nitrogens with one attached hydrogen (secondary N) is 1. The standard InChI is InChI=1S/C17H16N4O2S/c1-13-7-9-16(10-8-13)24(22,23)20-17-11-14(18)12-19-21(17)15-5-3-2-4-6-15/h2-12H,1H3,(H2,18,20)/p+1. The van der Waals surface area contributed by atoms with Crippen LogP contribution in [0, 0.1) is 6.92 Å². The van der Waals surface area contributed by atoms with E-state index in [1.165, 1.54) is 16.9 Å². The van der Waals surface area contributed by atoms with Crippen molar-refractivity contribution >= 4 is 21.5 Å². The lowest BCUT2D eigenvalue weighted by Gasteiger charge is -2.07. The number of rotatable bonds is 4. The van der Waals surface area contributed by atoms with E-state index in [0.29, 0.717) is 5.69 Å². The van der Waals surface area contributed by atoms with Gasteiger partial charge in [0.2, 0.25) is 0 Å². The van der Waals surface area contributed by atoms with Gasteiger partial charge in [-0.15, -0.1) is 0 Å². The monoisotopic (exact) mass is 341 g/mol. The highest BCUT2D eigenvalue weighted by atomic mass is 32.2. The Labute approximate surface area is 140 Å². The molecule has 3 rings (SSSR count). The molecule has 0 atom stereocenters. The molecule has 0 bridgehead atoms. The summed E-state index contributed by atoms with van der Waals surface area (Å²) in [5.74, 6) is 0.266. The average molecular weight is 341 g/mol. The van der Waals surface area contributed by atoms with E-state index < -0.39 is 10.0 Å². The van der Waals surface area contributed by atoms with Crippen LogP contribution < -0.4 is 15.1 Å². The van der Waals surface area contributed by atoms with Crippen molar-refractivity contribution in [2.45, 2.75) is 11.8 Å². The first-order valence-corrected chi connectivity index (χ1v) is 8.77. The smallest absolute Gasteiger partial charge is 0.328 e. The quantitative estimate of drug-likeness (QED) is 0.711. The molecule has 122 valence electrons. The number of benzene rings is 2. The molecular formula is C17H17N4O2S+. The summed E-state index contributed by atoms with van der Waals surface area (Å²) in [7, 11) is -3.74. The lowest BCUT2D eigenvalue weighted by molar-refractivity contribution is -0.645. The number of hydrogen-bond acceptors (Lipinski definition) is 4. The maximum atomic E-state index is 12.6. The van der Waals surface area contributed by atoms with Gasteiger partial charge >= 0.3 is 15.8 Å². The van der Waals surface area contributed by atoms with E-state index in [4.69, 9.17) is 5.73 Å². The van der Waals surface area contributed by atoms with Crippen molar-refractivity contribution in [2.75, 3.05) is 10.5 Å². The molecule has 0 aliphatic heterocycles. The zero-order valence-electron chi connectivity index (χ0n) is 13.0. The largest absolute Gasteiger partial charge is 0.397 e. The molecule has 0 spiro atoms. The Balaban J connectivity index is 2.03. The Hall–Kier alpha value is -2.93. The molecule has 0 aliphatic rings. The van der Waals surface area contributed by atoms with Gasteiger partial charge in [-0.25, -0.2) is 0 Å². The minimum Gasteiger partial charge on any atom is -0.397 e. The Morgan fingerprint density at radius 3 is 2.38 bits per heavy atom. The van der Waals surface area contributed by atoms with Gasteiger partial charge in [-0.05, 0) is 31.2 Å². The fourth-order valence-electron chi connectivity index (χ4n) is 2.20. The molecule has 0 unspecified atom stereocenters. The van der Waals surface area contributed by atoms with Crippen LogP contribution in [0.2, 0.25) is 0 Å². The van der Waals surface area contributed by atoms with Crippen LogP contribution in [-0.4, -0.2) is 13.5 Å². The maximum absolute atomic E-state index is 12.6. The van der Waals surface area contributed by atoms with Crippen LogP contribution >= 0.6 is 0 Å². The van der Waals surface area contributed by atoms with Crippen LogP contribution in [0.25, 0.3) is 5.69 Å². The van der Waals surface area contributed by atoms with E-state index in [2.05, 4.69) is 9.82 Å². The summed E-state index contributed by atoms with van der Waals surface area (Å²) >= 11 is 0. The SMILES string of the molecule is Cc1ccc(S(=O)(=O)Nc2cc(N)cn[n+]2-c2ccccc2)cc1. The first-order valence-electron chi connectivity index (χ1n) is 7.28. The molecule has 0 radical (unpaired) electrons. The topological polar surface area (TPSA) is 89.0 Å². The Morgan fingerprint density at radius 1 is 1.04 bits per heavy atom. The molecule has 6 nitrogen and oxygen atoms in total. The van der Waals surface area contributed by atoms with Crippen molar-refractivity contribution in [1.82, 2.24) is 5.10 Å². The number of aryl methyl sites for hydroxylation is 1. The highest BCUT2D eigenvalue weighted by Gasteiger charge is 2.24. The number of nitrogen functional groups attached to an aromatic ring is 1. The lowest BCUT2D eigenvalue weighted by atomic mass is 10.2. The summed E-state index contributed by atoms with van der Waals surface area (Å²) in [6.07, 6.45) is 1.47. The Kier molecular flexibility index (Phi) is 4.18. The van der Waals surface area contributed by atoms with Gasteiger partial charge in [0.25, 0.3) is 0 Å². The molecular weight excluding hydrogens is 324 g/mol. The minimum absolute atomic E-state index is 0.176. The normalized spacial score (nSPS) is 11.2. The van der Waals surface area contributed by atoms with Gasteiger partial charge in [-0.3, -0.25) is 0 Å². The zero-order valence-corrected chi connectivity index (χ0v) is 13.9. The first kappa shape index (κ1) is 15.9. The van der Waals surface area contributed by atoms with E-state index in [-0.39, 0.29) is 10.7 Å². The summed E-state index contributed by atoms with van der Waals surface area (Å²) in [5.41, 5.74) is 7.84. The molecule has 1 heterocycles. The third kappa shape index (κ3) is 3.36. The number of nitrogens with zero attached hydrogens (tertiary/aromatic N) is 2. The number of hydrogen-bond donors (Lipinski definition) is 2. The molecule has 24 heavy (non-hydrogen) atoms. The molecule has 1 aromatic heterocycles. The third-order valence-corrected chi connectivity index (χ3v) is 4.80. The summed E-state index contributed by atoms with van der Waals surface area (Å²) in [6.45, 7) is 1.90. The second kappa shape index (κ2) is 6.29. The predicted octanol–water partition coefficient (Wildman–Crippen LogP) is 2.05. The van der Waals surface area contributed by atoms with Crippen molar-refractivity contribution in [3.63, 3.8) is 0 Å². The summed E-state index contributed by atoms with van der Waals surface area (Å²) in [6, 6.07) is 17.4. The van der Waals surface area contributed by atoms with Crippen LogP contribution in [0.5, 0.6) is 0 Å². The van der Waals surface area contributed by atoms with Gasteiger partial charge in [0.05, 0.1) is 18.0 Å². The molecule has 3 N–H and O–H groups in total. The molecule has 2 aromatic carbocycles. The maximum Gasteiger partial charge on any atom is 0.328 e. The molecule has 0 saturated heterocycles. The van der Waals surface area contributed by atoms with Crippen LogP contribution in [0.4, 0.5) is 11.5 Å². The summed E-state index contributed by atoms with van der Waals surface area (Å²) < 4.78 is 29.3. The second-order valence-corrected chi connectivity index (χ2v) is 7.02. The van der Waals surface area contributed by atoms with Gasteiger partial charge in [0.15, 0.2) is 5.69 Å². The number of sulfonamides is 1. The van der Waals surface area contributed by atoms with E-state index in [0.717, 1.165) is 11.3 Å². The highest BCUT2D eigenvalue weighted by Crippen LogP contribution is 2.16. The Bertz CT molecular complexity index is 956. The van der Waals surface area contributed by atoms with E-state index in [1.807, 2.05) is 37.3 Å². The molecule has 0 saturated carbocycles. The fraction of sp³-hybridized carbons (Fsp3) is 0.0588. The third-order valence-electron chi connectivity index (χ3n) is 3.42.